The fraction of sp³-hybridized carbons (Fsp3) is 0. The van der Waals surface area contributed by atoms with Crippen LogP contribution >= 0.6 is 23.2 Å². The van der Waals surface area contributed by atoms with Crippen molar-refractivity contribution in [2.45, 2.75) is 0 Å². The molecule has 4 aromatic rings. The van der Waals surface area contributed by atoms with Crippen molar-refractivity contribution in [3.8, 4) is 22.4 Å². The lowest BCUT2D eigenvalue weighted by molar-refractivity contribution is 0.631. The van der Waals surface area contributed by atoms with Crippen LogP contribution in [0.3, 0.4) is 0 Å². The molecule has 118 valence electrons. The number of hydrogen-bond donors (Lipinski definition) is 0. The molecule has 0 N–H and O–H groups in total. The summed E-state index contributed by atoms with van der Waals surface area (Å²) in [5, 5.41) is 4.56. The molecular formula is C17H9Cl2FN4. The van der Waals surface area contributed by atoms with E-state index in [1.165, 1.54) is 16.9 Å². The molecule has 4 nitrogen and oxygen atoms in total. The first-order valence-electron chi connectivity index (χ1n) is 7.06. The van der Waals surface area contributed by atoms with Gasteiger partial charge in [0.1, 0.15) is 17.3 Å². The van der Waals surface area contributed by atoms with Gasteiger partial charge in [-0.15, -0.1) is 0 Å². The van der Waals surface area contributed by atoms with Gasteiger partial charge >= 0.3 is 0 Å². The van der Waals surface area contributed by atoms with Crippen molar-refractivity contribution in [2.24, 2.45) is 0 Å². The summed E-state index contributed by atoms with van der Waals surface area (Å²) in [5.74, 6) is -0.155. The smallest absolute Gasteiger partial charge is 0.206 e. The first-order valence-corrected chi connectivity index (χ1v) is 7.81. The van der Waals surface area contributed by atoms with E-state index < -0.39 is 5.82 Å². The van der Waals surface area contributed by atoms with Crippen molar-refractivity contribution in [1.29, 1.82) is 0 Å². The zero-order chi connectivity index (χ0) is 16.7. The summed E-state index contributed by atoms with van der Waals surface area (Å²) >= 11 is 12.6. The van der Waals surface area contributed by atoms with Crippen LogP contribution in [0.1, 0.15) is 0 Å². The summed E-state index contributed by atoms with van der Waals surface area (Å²) < 4.78 is 16.0. The van der Waals surface area contributed by atoms with Gasteiger partial charge in [-0.25, -0.2) is 4.39 Å². The molecule has 4 rings (SSSR count). The predicted octanol–water partition coefficient (Wildman–Crippen LogP) is 4.90. The molecule has 0 unspecified atom stereocenters. The van der Waals surface area contributed by atoms with Crippen molar-refractivity contribution in [3.63, 3.8) is 0 Å². The molecule has 2 aromatic heterocycles. The molecule has 7 heteroatoms. The molecule has 0 aliphatic rings. The normalized spacial score (nSPS) is 11.1. The topological polar surface area (TPSA) is 43.1 Å². The third kappa shape index (κ3) is 2.33. The van der Waals surface area contributed by atoms with E-state index in [4.69, 9.17) is 23.2 Å². The van der Waals surface area contributed by atoms with Crippen LogP contribution in [-0.2, 0) is 0 Å². The van der Waals surface area contributed by atoms with E-state index in [1.807, 2.05) is 30.3 Å². The fourth-order valence-corrected chi connectivity index (χ4v) is 3.15. The van der Waals surface area contributed by atoms with E-state index in [0.717, 1.165) is 5.56 Å². The molecule has 0 bridgehead atoms. The number of hydrogen-bond acceptors (Lipinski definition) is 3. The minimum atomic E-state index is -0.483. The van der Waals surface area contributed by atoms with Crippen LogP contribution in [0.2, 0.25) is 10.2 Å². The first-order chi connectivity index (χ1) is 11.7. The van der Waals surface area contributed by atoms with Crippen LogP contribution in [0.15, 0.2) is 54.9 Å². The molecule has 0 atom stereocenters. The highest BCUT2D eigenvalue weighted by molar-refractivity contribution is 6.36. The Morgan fingerprint density at radius 3 is 2.46 bits per heavy atom. The van der Waals surface area contributed by atoms with E-state index in [2.05, 4.69) is 15.1 Å². The van der Waals surface area contributed by atoms with Gasteiger partial charge in [0.15, 0.2) is 0 Å². The van der Waals surface area contributed by atoms with Gasteiger partial charge in [-0.3, -0.25) is 0 Å². The summed E-state index contributed by atoms with van der Waals surface area (Å²) in [6.07, 6.45) is 1.37. The molecule has 2 aromatic carbocycles. The Kier molecular flexibility index (Phi) is 3.67. The molecule has 0 radical (unpaired) electrons. The molecule has 0 saturated carbocycles. The van der Waals surface area contributed by atoms with E-state index in [1.54, 1.807) is 12.1 Å². The summed E-state index contributed by atoms with van der Waals surface area (Å²) in [4.78, 5) is 8.28. The maximum Gasteiger partial charge on any atom is 0.254 e. The van der Waals surface area contributed by atoms with Crippen LogP contribution in [0.4, 0.5) is 4.39 Å². The minimum Gasteiger partial charge on any atom is -0.206 e. The van der Waals surface area contributed by atoms with E-state index in [9.17, 15) is 4.39 Å². The summed E-state index contributed by atoms with van der Waals surface area (Å²) in [6, 6.07) is 13.9. The van der Waals surface area contributed by atoms with Crippen LogP contribution in [0, 0.1) is 5.82 Å². The standard InChI is InChI=1S/C17H9Cl2FN4/c18-11-7-4-8-12(20)13(11)14-15(10-5-2-1-3-6-10)24-17(21-9-22-24)23-16(14)19/h1-9H. The van der Waals surface area contributed by atoms with Gasteiger partial charge < -0.3 is 0 Å². The lowest BCUT2D eigenvalue weighted by Gasteiger charge is -2.14. The molecule has 0 saturated heterocycles. The van der Waals surface area contributed by atoms with Crippen molar-refractivity contribution < 1.29 is 4.39 Å². The molecular weight excluding hydrogens is 350 g/mol. The number of nitrogens with zero attached hydrogens (tertiary/aromatic N) is 4. The highest BCUT2D eigenvalue weighted by Gasteiger charge is 2.23. The second kappa shape index (κ2) is 5.85. The molecule has 0 amide bonds. The Hall–Kier alpha value is -2.50. The average Bonchev–Trinajstić information content (AvgIpc) is 3.03. The monoisotopic (exact) mass is 358 g/mol. The van der Waals surface area contributed by atoms with Gasteiger partial charge in [-0.05, 0) is 12.1 Å². The number of fused-ring (bicyclic) bond motifs is 1. The largest absolute Gasteiger partial charge is 0.254 e. The van der Waals surface area contributed by atoms with Gasteiger partial charge in [0, 0.05) is 11.1 Å². The van der Waals surface area contributed by atoms with Gasteiger partial charge in [0.05, 0.1) is 16.3 Å². The molecule has 0 spiro atoms. The molecule has 0 fully saturated rings. The lowest BCUT2D eigenvalue weighted by Crippen LogP contribution is -2.02. The summed E-state index contributed by atoms with van der Waals surface area (Å²) in [5.41, 5.74) is 1.94. The SMILES string of the molecule is Fc1cccc(Cl)c1-c1c(Cl)nc2ncnn2c1-c1ccccc1. The van der Waals surface area contributed by atoms with E-state index in [-0.39, 0.29) is 15.7 Å². The van der Waals surface area contributed by atoms with Crippen molar-refractivity contribution in [1.82, 2.24) is 19.6 Å². The maximum absolute atomic E-state index is 14.5. The number of rotatable bonds is 2. The third-order valence-electron chi connectivity index (χ3n) is 3.64. The molecule has 24 heavy (non-hydrogen) atoms. The van der Waals surface area contributed by atoms with Crippen LogP contribution < -0.4 is 0 Å². The zero-order valence-corrected chi connectivity index (χ0v) is 13.6. The quantitative estimate of drug-likeness (QED) is 0.478. The second-order valence-electron chi connectivity index (χ2n) is 5.06. The second-order valence-corrected chi connectivity index (χ2v) is 5.83. The Labute approximate surface area is 146 Å². The van der Waals surface area contributed by atoms with Crippen LogP contribution in [0.25, 0.3) is 28.2 Å². The van der Waals surface area contributed by atoms with Crippen molar-refractivity contribution >= 4 is 29.0 Å². The Morgan fingerprint density at radius 1 is 0.917 bits per heavy atom. The first kappa shape index (κ1) is 15.1. The van der Waals surface area contributed by atoms with Gasteiger partial charge in [0.2, 0.25) is 0 Å². The Morgan fingerprint density at radius 2 is 1.71 bits per heavy atom. The van der Waals surface area contributed by atoms with Crippen molar-refractivity contribution in [2.75, 3.05) is 0 Å². The Balaban J connectivity index is 2.18. The minimum absolute atomic E-state index is 0.112. The number of aromatic nitrogens is 4. The summed E-state index contributed by atoms with van der Waals surface area (Å²) in [7, 11) is 0. The van der Waals surface area contributed by atoms with Crippen molar-refractivity contribution in [3.05, 3.63) is 70.9 Å². The molecule has 0 aliphatic carbocycles. The molecule has 0 aliphatic heterocycles. The maximum atomic E-state index is 14.5. The summed E-state index contributed by atoms with van der Waals surface area (Å²) in [6.45, 7) is 0. The number of halogens is 3. The van der Waals surface area contributed by atoms with Crippen LogP contribution in [0.5, 0.6) is 0 Å². The van der Waals surface area contributed by atoms with E-state index >= 15 is 0 Å². The highest BCUT2D eigenvalue weighted by atomic mass is 35.5. The van der Waals surface area contributed by atoms with Gasteiger partial charge in [-0.2, -0.15) is 19.6 Å². The predicted molar refractivity (Wildman–Crippen MR) is 91.6 cm³/mol. The highest BCUT2D eigenvalue weighted by Crippen LogP contribution is 2.41. The fourth-order valence-electron chi connectivity index (χ4n) is 2.64. The van der Waals surface area contributed by atoms with E-state index in [0.29, 0.717) is 17.0 Å². The number of benzene rings is 2. The Bertz CT molecular complexity index is 1030. The lowest BCUT2D eigenvalue weighted by atomic mass is 10.00. The molecule has 2 heterocycles. The third-order valence-corrected chi connectivity index (χ3v) is 4.23. The average molecular weight is 359 g/mol. The van der Waals surface area contributed by atoms with Gasteiger partial charge in [0.25, 0.3) is 5.78 Å². The zero-order valence-electron chi connectivity index (χ0n) is 12.1. The van der Waals surface area contributed by atoms with Gasteiger partial charge in [-0.1, -0.05) is 59.6 Å². The van der Waals surface area contributed by atoms with Crippen LogP contribution in [-0.4, -0.2) is 19.6 Å².